The largest absolute Gasteiger partial charge is 0.494 e. The molecule has 2 aromatic carbocycles. The predicted molar refractivity (Wildman–Crippen MR) is 97.8 cm³/mol. The Labute approximate surface area is 152 Å². The van der Waals surface area contributed by atoms with Gasteiger partial charge in [-0.25, -0.2) is 0 Å². The summed E-state index contributed by atoms with van der Waals surface area (Å²) in [6, 6.07) is 12.8. The number of benzene rings is 2. The van der Waals surface area contributed by atoms with Crippen LogP contribution in [-0.4, -0.2) is 32.3 Å². The Morgan fingerprint density at radius 3 is 2.40 bits per heavy atom. The maximum atomic E-state index is 11.8. The van der Waals surface area contributed by atoms with Gasteiger partial charge in [0.1, 0.15) is 23.9 Å². The van der Waals surface area contributed by atoms with Crippen molar-refractivity contribution in [3.8, 4) is 17.2 Å². The third-order valence-corrected chi connectivity index (χ3v) is 3.59. The predicted octanol–water partition coefficient (Wildman–Crippen LogP) is 3.62. The van der Waals surface area contributed by atoms with E-state index in [0.29, 0.717) is 30.5 Å². The maximum absolute atomic E-state index is 11.8. The van der Waals surface area contributed by atoms with Crippen LogP contribution in [-0.2, 0) is 4.79 Å². The van der Waals surface area contributed by atoms with Crippen LogP contribution in [0, 0.1) is 6.92 Å². The van der Waals surface area contributed by atoms with Gasteiger partial charge in [0, 0.05) is 0 Å². The standard InChI is InChI=1S/C19H22ClNO4/c1-3-23-15-5-7-16(8-6-15)24-11-10-21-19(22)13-25-18-12-14(2)4-9-17(18)20/h4-9,12H,3,10-11,13H2,1-2H3,(H,21,22). The van der Waals surface area contributed by atoms with Gasteiger partial charge in [-0.05, 0) is 55.8 Å². The maximum Gasteiger partial charge on any atom is 0.258 e. The Balaban J connectivity index is 1.66. The molecule has 1 amide bonds. The number of rotatable bonds is 9. The molecule has 0 unspecified atom stereocenters. The molecule has 5 nitrogen and oxygen atoms in total. The Hall–Kier alpha value is -2.40. The zero-order valence-electron chi connectivity index (χ0n) is 14.4. The number of aryl methyl sites for hydroxylation is 1. The zero-order chi connectivity index (χ0) is 18.1. The summed E-state index contributed by atoms with van der Waals surface area (Å²) in [6.07, 6.45) is 0. The van der Waals surface area contributed by atoms with E-state index in [9.17, 15) is 4.79 Å². The van der Waals surface area contributed by atoms with E-state index >= 15 is 0 Å². The van der Waals surface area contributed by atoms with Crippen molar-refractivity contribution >= 4 is 17.5 Å². The van der Waals surface area contributed by atoms with E-state index in [1.165, 1.54) is 0 Å². The van der Waals surface area contributed by atoms with E-state index in [1.54, 1.807) is 12.1 Å². The van der Waals surface area contributed by atoms with Gasteiger partial charge in [0.15, 0.2) is 6.61 Å². The number of ether oxygens (including phenoxy) is 3. The van der Waals surface area contributed by atoms with Crippen molar-refractivity contribution in [1.29, 1.82) is 0 Å². The SMILES string of the molecule is CCOc1ccc(OCCNC(=O)COc2cc(C)ccc2Cl)cc1. The normalized spacial score (nSPS) is 10.2. The van der Waals surface area contributed by atoms with E-state index in [-0.39, 0.29) is 12.5 Å². The molecular weight excluding hydrogens is 342 g/mol. The van der Waals surface area contributed by atoms with E-state index in [2.05, 4.69) is 5.32 Å². The van der Waals surface area contributed by atoms with Crippen LogP contribution in [0.3, 0.4) is 0 Å². The lowest BCUT2D eigenvalue weighted by Crippen LogP contribution is -2.32. The molecule has 6 heteroatoms. The smallest absolute Gasteiger partial charge is 0.258 e. The highest BCUT2D eigenvalue weighted by Gasteiger charge is 2.06. The summed E-state index contributed by atoms with van der Waals surface area (Å²) >= 11 is 6.02. The van der Waals surface area contributed by atoms with Crippen molar-refractivity contribution in [3.05, 3.63) is 53.1 Å². The van der Waals surface area contributed by atoms with Crippen LogP contribution in [0.5, 0.6) is 17.2 Å². The molecule has 2 aromatic rings. The van der Waals surface area contributed by atoms with Crippen LogP contribution >= 0.6 is 11.6 Å². The van der Waals surface area contributed by atoms with Gasteiger partial charge < -0.3 is 19.5 Å². The number of hydrogen-bond donors (Lipinski definition) is 1. The summed E-state index contributed by atoms with van der Waals surface area (Å²) in [4.78, 5) is 11.8. The average molecular weight is 364 g/mol. The first-order valence-corrected chi connectivity index (χ1v) is 8.47. The lowest BCUT2D eigenvalue weighted by Gasteiger charge is -2.10. The topological polar surface area (TPSA) is 56.8 Å². The van der Waals surface area contributed by atoms with E-state index in [4.69, 9.17) is 25.8 Å². The Bertz CT molecular complexity index is 688. The van der Waals surface area contributed by atoms with Crippen molar-refractivity contribution in [2.45, 2.75) is 13.8 Å². The number of carbonyl (C=O) groups excluding carboxylic acids is 1. The van der Waals surface area contributed by atoms with Crippen molar-refractivity contribution in [1.82, 2.24) is 5.32 Å². The highest BCUT2D eigenvalue weighted by molar-refractivity contribution is 6.32. The van der Waals surface area contributed by atoms with Crippen LogP contribution in [0.15, 0.2) is 42.5 Å². The lowest BCUT2D eigenvalue weighted by atomic mass is 10.2. The van der Waals surface area contributed by atoms with Gasteiger partial charge in [0.25, 0.3) is 5.91 Å². The van der Waals surface area contributed by atoms with Crippen LogP contribution in [0.1, 0.15) is 12.5 Å². The van der Waals surface area contributed by atoms with Gasteiger partial charge in [0.05, 0.1) is 18.2 Å². The highest BCUT2D eigenvalue weighted by atomic mass is 35.5. The second-order valence-corrected chi connectivity index (χ2v) is 5.73. The summed E-state index contributed by atoms with van der Waals surface area (Å²) in [5.41, 5.74) is 1.02. The van der Waals surface area contributed by atoms with Crippen molar-refractivity contribution in [2.24, 2.45) is 0 Å². The number of nitrogens with one attached hydrogen (secondary N) is 1. The quantitative estimate of drug-likeness (QED) is 0.691. The van der Waals surface area contributed by atoms with Gasteiger partial charge in [-0.2, -0.15) is 0 Å². The molecular formula is C19H22ClNO4. The van der Waals surface area contributed by atoms with E-state index in [0.717, 1.165) is 17.1 Å². The Kier molecular flexibility index (Phi) is 7.41. The van der Waals surface area contributed by atoms with Crippen molar-refractivity contribution in [3.63, 3.8) is 0 Å². The van der Waals surface area contributed by atoms with Gasteiger partial charge in [-0.3, -0.25) is 4.79 Å². The molecule has 0 bridgehead atoms. The summed E-state index contributed by atoms with van der Waals surface area (Å²) in [6.45, 7) is 5.15. The molecule has 0 saturated carbocycles. The molecule has 25 heavy (non-hydrogen) atoms. The third-order valence-electron chi connectivity index (χ3n) is 3.27. The van der Waals surface area contributed by atoms with Crippen LogP contribution in [0.25, 0.3) is 0 Å². The van der Waals surface area contributed by atoms with Gasteiger partial charge in [-0.1, -0.05) is 17.7 Å². The zero-order valence-corrected chi connectivity index (χ0v) is 15.1. The first-order valence-electron chi connectivity index (χ1n) is 8.10. The Morgan fingerprint density at radius 1 is 1.04 bits per heavy atom. The monoisotopic (exact) mass is 363 g/mol. The summed E-state index contributed by atoms with van der Waals surface area (Å²) in [5.74, 6) is 1.80. The molecule has 134 valence electrons. The minimum atomic E-state index is -0.229. The molecule has 0 aromatic heterocycles. The number of carbonyl (C=O) groups is 1. The number of halogens is 1. The van der Waals surface area contributed by atoms with Gasteiger partial charge >= 0.3 is 0 Å². The second kappa shape index (κ2) is 9.79. The minimum Gasteiger partial charge on any atom is -0.494 e. The number of hydrogen-bond acceptors (Lipinski definition) is 4. The third kappa shape index (κ3) is 6.55. The summed E-state index contributed by atoms with van der Waals surface area (Å²) < 4.78 is 16.3. The summed E-state index contributed by atoms with van der Waals surface area (Å²) in [7, 11) is 0. The first kappa shape index (κ1) is 18.9. The van der Waals surface area contributed by atoms with Crippen molar-refractivity contribution < 1.29 is 19.0 Å². The molecule has 0 fully saturated rings. The molecule has 0 atom stereocenters. The van der Waals surface area contributed by atoms with E-state index < -0.39 is 0 Å². The van der Waals surface area contributed by atoms with Crippen LogP contribution in [0.2, 0.25) is 5.02 Å². The molecule has 0 saturated heterocycles. The fourth-order valence-corrected chi connectivity index (χ4v) is 2.25. The molecule has 0 radical (unpaired) electrons. The average Bonchev–Trinajstić information content (AvgIpc) is 2.61. The molecule has 0 aliphatic carbocycles. The Morgan fingerprint density at radius 2 is 1.72 bits per heavy atom. The lowest BCUT2D eigenvalue weighted by molar-refractivity contribution is -0.123. The molecule has 0 aliphatic heterocycles. The van der Waals surface area contributed by atoms with Gasteiger partial charge in [-0.15, -0.1) is 0 Å². The summed E-state index contributed by atoms with van der Waals surface area (Å²) in [5, 5.41) is 3.22. The molecule has 1 N–H and O–H groups in total. The second-order valence-electron chi connectivity index (χ2n) is 5.33. The molecule has 0 heterocycles. The number of amides is 1. The van der Waals surface area contributed by atoms with Gasteiger partial charge in [0.2, 0.25) is 0 Å². The first-order chi connectivity index (χ1) is 12.1. The molecule has 0 aliphatic rings. The fourth-order valence-electron chi connectivity index (χ4n) is 2.07. The van der Waals surface area contributed by atoms with Crippen LogP contribution < -0.4 is 19.5 Å². The van der Waals surface area contributed by atoms with Crippen LogP contribution in [0.4, 0.5) is 0 Å². The van der Waals surface area contributed by atoms with E-state index in [1.807, 2.05) is 44.2 Å². The van der Waals surface area contributed by atoms with Crippen molar-refractivity contribution in [2.75, 3.05) is 26.4 Å². The fraction of sp³-hybridized carbons (Fsp3) is 0.316. The molecule has 0 spiro atoms. The minimum absolute atomic E-state index is 0.0910. The molecule has 2 rings (SSSR count). The highest BCUT2D eigenvalue weighted by Crippen LogP contribution is 2.25.